The molecule has 0 bridgehead atoms. The van der Waals surface area contributed by atoms with Crippen LogP contribution in [0.1, 0.15) is 42.2 Å². The normalized spacial score (nSPS) is 24.6. The number of ether oxygens (including phenoxy) is 1. The summed E-state index contributed by atoms with van der Waals surface area (Å²) in [4.78, 5) is 16.7. The van der Waals surface area contributed by atoms with Gasteiger partial charge in [0, 0.05) is 17.5 Å². The van der Waals surface area contributed by atoms with Crippen LogP contribution >= 0.6 is 11.3 Å². The minimum Gasteiger partial charge on any atom is -0.365 e. The third-order valence-corrected chi connectivity index (χ3v) is 6.38. The quantitative estimate of drug-likeness (QED) is 0.872. The second-order valence-electron chi connectivity index (χ2n) is 7.12. The van der Waals surface area contributed by atoms with Crippen LogP contribution in [0.3, 0.4) is 0 Å². The number of benzene rings is 1. The van der Waals surface area contributed by atoms with E-state index in [9.17, 15) is 4.79 Å². The molecule has 2 atom stereocenters. The van der Waals surface area contributed by atoms with Gasteiger partial charge in [-0.2, -0.15) is 0 Å². The topological polar surface area (TPSA) is 41.6 Å². The third kappa shape index (κ3) is 3.85. The molecule has 1 aliphatic heterocycles. The first-order valence-corrected chi connectivity index (χ1v) is 10.4. The number of nitrogens with one attached hydrogen (secondary N) is 1. The summed E-state index contributed by atoms with van der Waals surface area (Å²) in [5, 5.41) is 5.12. The van der Waals surface area contributed by atoms with E-state index < -0.39 is 6.10 Å². The first kappa shape index (κ1) is 17.7. The Morgan fingerprint density at radius 3 is 2.69 bits per heavy atom. The SMILES string of the molecule is O=C(NCc1cccs1)[C@@H]1OCCN(C2CCCC2)[C@H]1c1ccccc1. The summed E-state index contributed by atoms with van der Waals surface area (Å²) < 4.78 is 6.02. The molecule has 138 valence electrons. The maximum Gasteiger partial charge on any atom is 0.251 e. The standard InChI is InChI=1S/C21H26N2O2S/c24-21(22-15-18-11-6-14-26-18)20-19(16-7-2-1-3-8-16)23(12-13-25-20)17-9-4-5-10-17/h1-3,6-8,11,14,17,19-20H,4-5,9-10,12-13,15H2,(H,22,24)/t19-,20+/m0/s1. The molecule has 1 aromatic heterocycles. The van der Waals surface area contributed by atoms with Gasteiger partial charge in [0.05, 0.1) is 19.2 Å². The van der Waals surface area contributed by atoms with Crippen molar-refractivity contribution >= 4 is 17.2 Å². The molecular formula is C21H26N2O2S. The molecular weight excluding hydrogens is 344 g/mol. The van der Waals surface area contributed by atoms with E-state index >= 15 is 0 Å². The minimum atomic E-state index is -0.452. The van der Waals surface area contributed by atoms with Crippen LogP contribution < -0.4 is 5.32 Å². The third-order valence-electron chi connectivity index (χ3n) is 5.50. The highest BCUT2D eigenvalue weighted by atomic mass is 32.1. The van der Waals surface area contributed by atoms with E-state index in [-0.39, 0.29) is 11.9 Å². The van der Waals surface area contributed by atoms with E-state index in [4.69, 9.17) is 4.74 Å². The molecule has 0 radical (unpaired) electrons. The molecule has 26 heavy (non-hydrogen) atoms. The van der Waals surface area contributed by atoms with Crippen molar-refractivity contribution in [2.24, 2.45) is 0 Å². The van der Waals surface area contributed by atoms with Crippen LogP contribution in [0.2, 0.25) is 0 Å². The maximum atomic E-state index is 13.0. The molecule has 4 nitrogen and oxygen atoms in total. The Bertz CT molecular complexity index is 698. The summed E-state index contributed by atoms with van der Waals surface area (Å²) in [5.41, 5.74) is 1.18. The molecule has 1 aromatic carbocycles. The van der Waals surface area contributed by atoms with Crippen molar-refractivity contribution in [3.8, 4) is 0 Å². The van der Waals surface area contributed by atoms with Gasteiger partial charge in [-0.3, -0.25) is 9.69 Å². The molecule has 0 unspecified atom stereocenters. The van der Waals surface area contributed by atoms with Crippen LogP contribution in [-0.4, -0.2) is 36.1 Å². The van der Waals surface area contributed by atoms with Gasteiger partial charge in [0.25, 0.3) is 5.91 Å². The number of carbonyl (C=O) groups is 1. The molecule has 2 fully saturated rings. The van der Waals surface area contributed by atoms with E-state index in [1.165, 1.54) is 31.2 Å². The van der Waals surface area contributed by atoms with Gasteiger partial charge >= 0.3 is 0 Å². The molecule has 1 N–H and O–H groups in total. The number of morpholine rings is 1. The molecule has 5 heteroatoms. The molecule has 4 rings (SSSR count). The summed E-state index contributed by atoms with van der Waals surface area (Å²) in [6.07, 6.45) is 4.59. The fourth-order valence-corrected chi connectivity index (χ4v) is 4.90. The number of hydrogen-bond donors (Lipinski definition) is 1. The predicted octanol–water partition coefficient (Wildman–Crippen LogP) is 3.75. The first-order valence-electron chi connectivity index (χ1n) is 9.55. The van der Waals surface area contributed by atoms with Crippen LogP contribution in [0.25, 0.3) is 0 Å². The summed E-state index contributed by atoms with van der Waals surface area (Å²) in [7, 11) is 0. The highest BCUT2D eigenvalue weighted by Gasteiger charge is 2.41. The molecule has 2 aromatic rings. The predicted molar refractivity (Wildman–Crippen MR) is 104 cm³/mol. The average Bonchev–Trinajstić information content (AvgIpc) is 3.40. The molecule has 1 aliphatic carbocycles. The minimum absolute atomic E-state index is 0.00335. The summed E-state index contributed by atoms with van der Waals surface area (Å²) in [5.74, 6) is -0.00468. The van der Waals surface area contributed by atoms with Gasteiger partial charge in [-0.15, -0.1) is 11.3 Å². The Morgan fingerprint density at radius 2 is 1.96 bits per heavy atom. The lowest BCUT2D eigenvalue weighted by molar-refractivity contribution is -0.148. The van der Waals surface area contributed by atoms with Gasteiger partial charge in [-0.1, -0.05) is 49.2 Å². The van der Waals surface area contributed by atoms with Gasteiger partial charge < -0.3 is 10.1 Å². The van der Waals surface area contributed by atoms with E-state index in [0.29, 0.717) is 19.2 Å². The smallest absolute Gasteiger partial charge is 0.251 e. The van der Waals surface area contributed by atoms with Crippen molar-refractivity contribution in [3.05, 3.63) is 58.3 Å². The molecule has 1 saturated heterocycles. The molecule has 1 saturated carbocycles. The van der Waals surface area contributed by atoms with Crippen molar-refractivity contribution in [2.45, 2.75) is 50.4 Å². The van der Waals surface area contributed by atoms with Gasteiger partial charge in [-0.25, -0.2) is 0 Å². The van der Waals surface area contributed by atoms with Gasteiger partial charge in [0.2, 0.25) is 0 Å². The maximum absolute atomic E-state index is 13.0. The first-order chi connectivity index (χ1) is 12.8. The zero-order chi connectivity index (χ0) is 17.8. The highest BCUT2D eigenvalue weighted by molar-refractivity contribution is 7.09. The number of carbonyl (C=O) groups excluding carboxylic acids is 1. The number of thiophene rings is 1. The molecule has 2 aliphatic rings. The van der Waals surface area contributed by atoms with Gasteiger partial charge in [0.1, 0.15) is 0 Å². The lowest BCUT2D eigenvalue weighted by Gasteiger charge is -2.44. The van der Waals surface area contributed by atoms with Crippen molar-refractivity contribution in [1.82, 2.24) is 10.2 Å². The Kier molecular flexibility index (Phi) is 5.68. The van der Waals surface area contributed by atoms with Crippen LogP contribution in [0.15, 0.2) is 47.8 Å². The van der Waals surface area contributed by atoms with Crippen molar-refractivity contribution in [2.75, 3.05) is 13.2 Å². The van der Waals surface area contributed by atoms with Gasteiger partial charge in [0.15, 0.2) is 6.10 Å². The number of amides is 1. The highest BCUT2D eigenvalue weighted by Crippen LogP contribution is 2.36. The number of nitrogens with zero attached hydrogens (tertiary/aromatic N) is 1. The average molecular weight is 371 g/mol. The fourth-order valence-electron chi connectivity index (χ4n) is 4.26. The zero-order valence-electron chi connectivity index (χ0n) is 15.0. The molecule has 1 amide bonds. The van der Waals surface area contributed by atoms with Crippen LogP contribution in [0, 0.1) is 0 Å². The lowest BCUT2D eigenvalue weighted by atomic mass is 9.95. The zero-order valence-corrected chi connectivity index (χ0v) is 15.8. The fraction of sp³-hybridized carbons (Fsp3) is 0.476. The largest absolute Gasteiger partial charge is 0.365 e. The molecule has 0 spiro atoms. The van der Waals surface area contributed by atoms with Crippen LogP contribution in [-0.2, 0) is 16.1 Å². The lowest BCUT2D eigenvalue weighted by Crippen LogP contribution is -2.54. The Labute approximate surface area is 159 Å². The van der Waals surface area contributed by atoms with Crippen molar-refractivity contribution in [1.29, 1.82) is 0 Å². The molecule has 2 heterocycles. The van der Waals surface area contributed by atoms with E-state index in [1.54, 1.807) is 11.3 Å². The van der Waals surface area contributed by atoms with Crippen molar-refractivity contribution in [3.63, 3.8) is 0 Å². The van der Waals surface area contributed by atoms with E-state index in [2.05, 4.69) is 34.5 Å². The second kappa shape index (κ2) is 8.33. The summed E-state index contributed by atoms with van der Waals surface area (Å²) in [6.45, 7) is 2.09. The summed E-state index contributed by atoms with van der Waals surface area (Å²) in [6, 6.07) is 15.0. The Hall–Kier alpha value is -1.69. The monoisotopic (exact) mass is 370 g/mol. The van der Waals surface area contributed by atoms with E-state index in [0.717, 1.165) is 11.4 Å². The van der Waals surface area contributed by atoms with Crippen molar-refractivity contribution < 1.29 is 9.53 Å². The number of hydrogen-bond acceptors (Lipinski definition) is 4. The second-order valence-corrected chi connectivity index (χ2v) is 8.15. The van der Waals surface area contributed by atoms with Gasteiger partial charge in [-0.05, 0) is 29.9 Å². The number of rotatable bonds is 5. The Balaban J connectivity index is 1.55. The van der Waals surface area contributed by atoms with E-state index in [1.807, 2.05) is 23.6 Å². The van der Waals surface area contributed by atoms with Crippen LogP contribution in [0.5, 0.6) is 0 Å². The Morgan fingerprint density at radius 1 is 1.15 bits per heavy atom. The summed E-state index contributed by atoms with van der Waals surface area (Å²) >= 11 is 1.66. The van der Waals surface area contributed by atoms with Crippen LogP contribution in [0.4, 0.5) is 0 Å².